The van der Waals surface area contributed by atoms with Crippen molar-refractivity contribution in [1.82, 2.24) is 5.16 Å². The summed E-state index contributed by atoms with van der Waals surface area (Å²) in [5.41, 5.74) is 1.94. The first-order chi connectivity index (χ1) is 9.86. The maximum atomic E-state index is 12.1. The van der Waals surface area contributed by atoms with Crippen molar-refractivity contribution in [3.05, 3.63) is 39.6 Å². The van der Waals surface area contributed by atoms with Crippen molar-refractivity contribution in [2.45, 2.75) is 33.8 Å². The summed E-state index contributed by atoms with van der Waals surface area (Å²) in [5, 5.41) is 6.38. The van der Waals surface area contributed by atoms with E-state index in [9.17, 15) is 4.79 Å². The predicted molar refractivity (Wildman–Crippen MR) is 83.6 cm³/mol. The summed E-state index contributed by atoms with van der Waals surface area (Å²) in [5.74, 6) is 1.47. The van der Waals surface area contributed by atoms with Crippen LogP contribution >= 0.6 is 15.9 Å². The molecule has 1 amide bonds. The van der Waals surface area contributed by atoms with Crippen LogP contribution in [0.4, 0.5) is 5.82 Å². The fraction of sp³-hybridized carbons (Fsp3) is 0.333. The fourth-order valence-electron chi connectivity index (χ4n) is 1.97. The molecule has 2 rings (SSSR count). The zero-order valence-electron chi connectivity index (χ0n) is 12.4. The number of hydrogen-bond acceptors (Lipinski definition) is 4. The molecule has 0 radical (unpaired) electrons. The third kappa shape index (κ3) is 3.85. The molecule has 1 heterocycles. The van der Waals surface area contributed by atoms with Crippen LogP contribution in [0.25, 0.3) is 0 Å². The minimum absolute atomic E-state index is 0.273. The Labute approximate surface area is 131 Å². The molecule has 0 saturated heterocycles. The van der Waals surface area contributed by atoms with Crippen LogP contribution in [0.15, 0.2) is 27.2 Å². The monoisotopic (exact) mass is 352 g/mol. The lowest BCUT2D eigenvalue weighted by atomic mass is 10.1. The average Bonchev–Trinajstić information content (AvgIpc) is 2.78. The summed E-state index contributed by atoms with van der Waals surface area (Å²) in [6.07, 6.45) is -0.638. The highest BCUT2D eigenvalue weighted by Crippen LogP contribution is 2.28. The third-order valence-electron chi connectivity index (χ3n) is 2.97. The molecule has 0 bridgehead atoms. The summed E-state index contributed by atoms with van der Waals surface area (Å²) in [6.45, 7) is 7.34. The van der Waals surface area contributed by atoms with Crippen LogP contribution in [0.2, 0.25) is 0 Å². The Morgan fingerprint density at radius 2 is 1.90 bits per heavy atom. The summed E-state index contributed by atoms with van der Waals surface area (Å²) in [7, 11) is 0. The molecule has 1 unspecified atom stereocenters. The Balaban J connectivity index is 2.07. The molecule has 2 aromatic rings. The van der Waals surface area contributed by atoms with Crippen LogP contribution in [0.3, 0.4) is 0 Å². The zero-order chi connectivity index (χ0) is 15.6. The minimum atomic E-state index is -0.638. The van der Waals surface area contributed by atoms with Crippen molar-refractivity contribution in [3.8, 4) is 5.75 Å². The number of carbonyl (C=O) groups excluding carboxylic acids is 1. The molecular weight excluding hydrogens is 336 g/mol. The highest BCUT2D eigenvalue weighted by molar-refractivity contribution is 9.10. The van der Waals surface area contributed by atoms with E-state index in [4.69, 9.17) is 9.26 Å². The van der Waals surface area contributed by atoms with Crippen LogP contribution in [-0.2, 0) is 4.79 Å². The normalized spacial score (nSPS) is 12.0. The Bertz CT molecular complexity index is 644. The van der Waals surface area contributed by atoms with Crippen LogP contribution < -0.4 is 10.1 Å². The first kappa shape index (κ1) is 15.6. The van der Waals surface area contributed by atoms with Crippen LogP contribution in [-0.4, -0.2) is 17.2 Å². The van der Waals surface area contributed by atoms with Crippen molar-refractivity contribution < 1.29 is 14.1 Å². The van der Waals surface area contributed by atoms with E-state index in [0.717, 1.165) is 21.3 Å². The quantitative estimate of drug-likeness (QED) is 0.909. The van der Waals surface area contributed by atoms with Crippen molar-refractivity contribution in [3.63, 3.8) is 0 Å². The van der Waals surface area contributed by atoms with Gasteiger partial charge in [-0.2, -0.15) is 0 Å². The highest BCUT2D eigenvalue weighted by atomic mass is 79.9. The van der Waals surface area contributed by atoms with Gasteiger partial charge in [0, 0.05) is 10.5 Å². The van der Waals surface area contributed by atoms with E-state index >= 15 is 0 Å². The van der Waals surface area contributed by atoms with E-state index in [1.165, 1.54) is 0 Å². The number of anilines is 1. The topological polar surface area (TPSA) is 64.4 Å². The highest BCUT2D eigenvalue weighted by Gasteiger charge is 2.18. The van der Waals surface area contributed by atoms with E-state index in [2.05, 4.69) is 26.4 Å². The van der Waals surface area contributed by atoms with Gasteiger partial charge in [0.2, 0.25) is 0 Å². The number of hydrogen-bond donors (Lipinski definition) is 1. The molecule has 1 aromatic heterocycles. The molecular formula is C15H17BrN2O3. The summed E-state index contributed by atoms with van der Waals surface area (Å²) in [4.78, 5) is 12.1. The molecule has 21 heavy (non-hydrogen) atoms. The molecule has 112 valence electrons. The molecule has 5 nitrogen and oxygen atoms in total. The SMILES string of the molecule is Cc1cc(NC(=O)C(C)Oc2c(C)cc(Br)cc2C)no1. The van der Waals surface area contributed by atoms with Gasteiger partial charge < -0.3 is 14.6 Å². The number of benzene rings is 1. The number of aromatic nitrogens is 1. The van der Waals surface area contributed by atoms with Crippen molar-refractivity contribution in [1.29, 1.82) is 0 Å². The van der Waals surface area contributed by atoms with Gasteiger partial charge in [-0.05, 0) is 51.0 Å². The Hall–Kier alpha value is -1.82. The van der Waals surface area contributed by atoms with Gasteiger partial charge >= 0.3 is 0 Å². The number of ether oxygens (including phenoxy) is 1. The molecule has 1 atom stereocenters. The second kappa shape index (κ2) is 6.30. The molecule has 0 fully saturated rings. The lowest BCUT2D eigenvalue weighted by Crippen LogP contribution is -2.30. The van der Waals surface area contributed by atoms with Gasteiger partial charge in [-0.3, -0.25) is 4.79 Å². The van der Waals surface area contributed by atoms with Gasteiger partial charge in [0.25, 0.3) is 5.91 Å². The summed E-state index contributed by atoms with van der Waals surface area (Å²) >= 11 is 3.44. The zero-order valence-corrected chi connectivity index (χ0v) is 13.9. The molecule has 0 aliphatic rings. The largest absolute Gasteiger partial charge is 0.480 e. The smallest absolute Gasteiger partial charge is 0.266 e. The lowest BCUT2D eigenvalue weighted by Gasteiger charge is -2.17. The van der Waals surface area contributed by atoms with Gasteiger partial charge in [-0.15, -0.1) is 0 Å². The first-order valence-corrected chi connectivity index (χ1v) is 7.33. The standard InChI is InChI=1S/C15H17BrN2O3/c1-8-5-12(16)6-9(2)14(8)20-11(4)15(19)17-13-7-10(3)21-18-13/h5-7,11H,1-4H3,(H,17,18,19). The number of carbonyl (C=O) groups is 1. The van der Waals surface area contributed by atoms with Gasteiger partial charge in [0.1, 0.15) is 11.5 Å². The number of rotatable bonds is 4. The van der Waals surface area contributed by atoms with Crippen LogP contribution in [0, 0.1) is 20.8 Å². The molecule has 0 aliphatic heterocycles. The molecule has 6 heteroatoms. The average molecular weight is 353 g/mol. The Morgan fingerprint density at radius 3 is 2.43 bits per heavy atom. The van der Waals surface area contributed by atoms with Crippen molar-refractivity contribution in [2.75, 3.05) is 5.32 Å². The van der Waals surface area contributed by atoms with E-state index in [-0.39, 0.29) is 5.91 Å². The molecule has 0 aliphatic carbocycles. The molecule has 1 aromatic carbocycles. The minimum Gasteiger partial charge on any atom is -0.480 e. The Kier molecular flexibility index (Phi) is 4.67. The number of nitrogens with zero attached hydrogens (tertiary/aromatic N) is 1. The summed E-state index contributed by atoms with van der Waals surface area (Å²) < 4.78 is 11.7. The van der Waals surface area contributed by atoms with Crippen LogP contribution in [0.1, 0.15) is 23.8 Å². The van der Waals surface area contributed by atoms with Gasteiger partial charge in [-0.25, -0.2) is 0 Å². The molecule has 1 N–H and O–H groups in total. The maximum absolute atomic E-state index is 12.1. The Morgan fingerprint density at radius 1 is 1.29 bits per heavy atom. The van der Waals surface area contributed by atoms with Gasteiger partial charge in [0.05, 0.1) is 0 Å². The third-order valence-corrected chi connectivity index (χ3v) is 3.43. The first-order valence-electron chi connectivity index (χ1n) is 6.54. The second-order valence-electron chi connectivity index (χ2n) is 4.94. The number of aryl methyl sites for hydroxylation is 3. The predicted octanol–water partition coefficient (Wildman–Crippen LogP) is 3.77. The number of nitrogens with one attached hydrogen (secondary N) is 1. The lowest BCUT2D eigenvalue weighted by molar-refractivity contribution is -0.122. The fourth-order valence-corrected chi connectivity index (χ4v) is 2.65. The van der Waals surface area contributed by atoms with E-state index in [1.807, 2.05) is 26.0 Å². The van der Waals surface area contributed by atoms with Crippen molar-refractivity contribution in [2.24, 2.45) is 0 Å². The second-order valence-corrected chi connectivity index (χ2v) is 5.86. The van der Waals surface area contributed by atoms with Gasteiger partial charge in [0.15, 0.2) is 11.9 Å². The number of halogens is 1. The summed E-state index contributed by atoms with van der Waals surface area (Å²) in [6, 6.07) is 5.56. The van der Waals surface area contributed by atoms with E-state index < -0.39 is 6.10 Å². The maximum Gasteiger partial charge on any atom is 0.266 e. The van der Waals surface area contributed by atoms with Gasteiger partial charge in [-0.1, -0.05) is 21.1 Å². The van der Waals surface area contributed by atoms with Crippen molar-refractivity contribution >= 4 is 27.7 Å². The van der Waals surface area contributed by atoms with E-state index in [0.29, 0.717) is 11.6 Å². The molecule has 0 spiro atoms. The number of amides is 1. The molecule has 0 saturated carbocycles. The van der Waals surface area contributed by atoms with Crippen LogP contribution in [0.5, 0.6) is 5.75 Å². The van der Waals surface area contributed by atoms with E-state index in [1.54, 1.807) is 19.9 Å².